The lowest BCUT2D eigenvalue weighted by Gasteiger charge is -2.11. The number of carbonyl (C=O) groups is 1. The molecule has 1 amide bonds. The van der Waals surface area contributed by atoms with Crippen molar-refractivity contribution in [2.75, 3.05) is 18.5 Å². The average Bonchev–Trinajstić information content (AvgIpc) is 2.73. The van der Waals surface area contributed by atoms with Crippen molar-refractivity contribution in [2.45, 2.75) is 6.92 Å². The number of amides is 1. The second-order valence-corrected chi connectivity index (χ2v) is 5.93. The summed E-state index contributed by atoms with van der Waals surface area (Å²) in [6, 6.07) is 20.6. The van der Waals surface area contributed by atoms with Gasteiger partial charge in [-0.1, -0.05) is 36.4 Å². The van der Waals surface area contributed by atoms with Gasteiger partial charge in [0.1, 0.15) is 0 Å². The van der Waals surface area contributed by atoms with Crippen LogP contribution in [0.25, 0.3) is 12.2 Å². The van der Waals surface area contributed by atoms with Gasteiger partial charge in [0.05, 0.1) is 12.3 Å². The molecule has 0 aliphatic rings. The molecule has 0 saturated carbocycles. The first-order chi connectivity index (χ1) is 13.7. The Balaban J connectivity index is 1.58. The molecule has 142 valence electrons. The zero-order chi connectivity index (χ0) is 19.6. The summed E-state index contributed by atoms with van der Waals surface area (Å²) < 4.78 is 11.1. The van der Waals surface area contributed by atoms with E-state index in [2.05, 4.69) is 10.3 Å². The van der Waals surface area contributed by atoms with Crippen molar-refractivity contribution in [3.63, 3.8) is 0 Å². The van der Waals surface area contributed by atoms with E-state index in [9.17, 15) is 4.79 Å². The Bertz CT molecular complexity index is 939. The normalized spacial score (nSPS) is 10.6. The molecule has 0 unspecified atom stereocenters. The zero-order valence-electron chi connectivity index (χ0n) is 15.7. The third kappa shape index (κ3) is 5.71. The summed E-state index contributed by atoms with van der Waals surface area (Å²) >= 11 is 0. The number of hydrogen-bond acceptors (Lipinski definition) is 4. The average molecular weight is 374 g/mol. The fraction of sp³-hybridized carbons (Fsp3) is 0.130. The van der Waals surface area contributed by atoms with Gasteiger partial charge in [-0.25, -0.2) is 0 Å². The third-order valence-electron chi connectivity index (χ3n) is 3.81. The SMILES string of the molecule is CCOc1ccccc1OCC(=O)Nc1cccc(/C=C/c2ccccn2)c1. The first-order valence-electron chi connectivity index (χ1n) is 9.08. The molecule has 0 fully saturated rings. The smallest absolute Gasteiger partial charge is 0.262 e. The Labute approximate surface area is 164 Å². The first kappa shape index (κ1) is 19.2. The number of ether oxygens (including phenoxy) is 2. The molecule has 3 aromatic rings. The maximum atomic E-state index is 12.2. The fourth-order valence-electron chi connectivity index (χ4n) is 2.56. The molecular weight excluding hydrogens is 352 g/mol. The van der Waals surface area contributed by atoms with Crippen molar-refractivity contribution >= 4 is 23.7 Å². The van der Waals surface area contributed by atoms with E-state index in [-0.39, 0.29) is 12.5 Å². The third-order valence-corrected chi connectivity index (χ3v) is 3.81. The number of carbonyl (C=O) groups excluding carboxylic acids is 1. The van der Waals surface area contributed by atoms with Crippen LogP contribution in [0.2, 0.25) is 0 Å². The first-order valence-corrected chi connectivity index (χ1v) is 9.08. The predicted molar refractivity (Wildman–Crippen MR) is 111 cm³/mol. The largest absolute Gasteiger partial charge is 0.490 e. The molecule has 5 nitrogen and oxygen atoms in total. The summed E-state index contributed by atoms with van der Waals surface area (Å²) in [7, 11) is 0. The van der Waals surface area contributed by atoms with Crippen LogP contribution >= 0.6 is 0 Å². The number of benzene rings is 2. The molecule has 1 aromatic heterocycles. The number of pyridine rings is 1. The number of nitrogens with one attached hydrogen (secondary N) is 1. The number of hydrogen-bond donors (Lipinski definition) is 1. The van der Waals surface area contributed by atoms with Crippen molar-refractivity contribution in [3.05, 3.63) is 84.2 Å². The summed E-state index contributed by atoms with van der Waals surface area (Å²) in [5.74, 6) is 0.933. The Kier molecular flexibility index (Phi) is 6.79. The maximum Gasteiger partial charge on any atom is 0.262 e. The molecule has 2 aromatic carbocycles. The Hall–Kier alpha value is -3.60. The molecule has 0 radical (unpaired) electrons. The van der Waals surface area contributed by atoms with Gasteiger partial charge in [0.15, 0.2) is 18.1 Å². The van der Waals surface area contributed by atoms with E-state index in [1.807, 2.05) is 79.7 Å². The van der Waals surface area contributed by atoms with Crippen LogP contribution in [0.3, 0.4) is 0 Å². The molecule has 5 heteroatoms. The molecule has 0 saturated heterocycles. The van der Waals surface area contributed by atoms with Crippen molar-refractivity contribution in [3.8, 4) is 11.5 Å². The van der Waals surface area contributed by atoms with Crippen LogP contribution in [-0.4, -0.2) is 24.1 Å². The minimum atomic E-state index is -0.239. The molecule has 1 heterocycles. The van der Waals surface area contributed by atoms with Gasteiger partial charge in [0, 0.05) is 11.9 Å². The van der Waals surface area contributed by atoms with Crippen molar-refractivity contribution < 1.29 is 14.3 Å². The lowest BCUT2D eigenvalue weighted by atomic mass is 10.1. The van der Waals surface area contributed by atoms with Gasteiger partial charge in [-0.15, -0.1) is 0 Å². The second-order valence-electron chi connectivity index (χ2n) is 5.93. The quantitative estimate of drug-likeness (QED) is 0.622. The Morgan fingerprint density at radius 1 is 0.964 bits per heavy atom. The van der Waals surface area contributed by atoms with Crippen LogP contribution in [0, 0.1) is 0 Å². The molecule has 0 spiro atoms. The summed E-state index contributed by atoms with van der Waals surface area (Å²) in [4.78, 5) is 16.5. The van der Waals surface area contributed by atoms with E-state index in [0.717, 1.165) is 11.3 Å². The molecule has 0 aliphatic heterocycles. The van der Waals surface area contributed by atoms with E-state index >= 15 is 0 Å². The van der Waals surface area contributed by atoms with E-state index < -0.39 is 0 Å². The molecule has 0 bridgehead atoms. The minimum Gasteiger partial charge on any atom is -0.490 e. The van der Waals surface area contributed by atoms with Gasteiger partial charge in [-0.2, -0.15) is 0 Å². The fourth-order valence-corrected chi connectivity index (χ4v) is 2.56. The molecule has 28 heavy (non-hydrogen) atoms. The topological polar surface area (TPSA) is 60.5 Å². The van der Waals surface area contributed by atoms with Crippen LogP contribution in [0.4, 0.5) is 5.69 Å². The van der Waals surface area contributed by atoms with Gasteiger partial charge in [-0.05, 0) is 55.0 Å². The van der Waals surface area contributed by atoms with Crippen LogP contribution in [-0.2, 0) is 4.79 Å². The van der Waals surface area contributed by atoms with Gasteiger partial charge >= 0.3 is 0 Å². The highest BCUT2D eigenvalue weighted by Crippen LogP contribution is 2.26. The molecule has 1 N–H and O–H groups in total. The van der Waals surface area contributed by atoms with Crippen LogP contribution in [0.5, 0.6) is 11.5 Å². The lowest BCUT2D eigenvalue weighted by molar-refractivity contribution is -0.118. The highest BCUT2D eigenvalue weighted by atomic mass is 16.5. The highest BCUT2D eigenvalue weighted by Gasteiger charge is 2.08. The van der Waals surface area contributed by atoms with Crippen LogP contribution < -0.4 is 14.8 Å². The molecule has 0 atom stereocenters. The number of para-hydroxylation sites is 2. The van der Waals surface area contributed by atoms with Gasteiger partial charge in [0.25, 0.3) is 5.91 Å². The summed E-state index contributed by atoms with van der Waals surface area (Å²) in [6.07, 6.45) is 5.63. The minimum absolute atomic E-state index is 0.0991. The monoisotopic (exact) mass is 374 g/mol. The molecule has 0 aliphatic carbocycles. The highest BCUT2D eigenvalue weighted by molar-refractivity contribution is 5.92. The number of aromatic nitrogens is 1. The predicted octanol–water partition coefficient (Wildman–Crippen LogP) is 4.67. The lowest BCUT2D eigenvalue weighted by Crippen LogP contribution is -2.20. The summed E-state index contributed by atoms with van der Waals surface area (Å²) in [5, 5.41) is 2.85. The van der Waals surface area contributed by atoms with E-state index in [4.69, 9.17) is 9.47 Å². The zero-order valence-corrected chi connectivity index (χ0v) is 15.7. The van der Waals surface area contributed by atoms with E-state index in [1.165, 1.54) is 0 Å². The van der Waals surface area contributed by atoms with Gasteiger partial charge in [-0.3, -0.25) is 9.78 Å². The number of anilines is 1. The molecule has 3 rings (SSSR count). The van der Waals surface area contributed by atoms with Crippen molar-refractivity contribution in [2.24, 2.45) is 0 Å². The standard InChI is InChI=1S/C23H22N2O3/c1-2-27-21-11-3-4-12-22(21)28-17-23(26)25-20-10-7-8-18(16-20)13-14-19-9-5-6-15-24-19/h3-16H,2,17H2,1H3,(H,25,26)/b14-13+. The van der Waals surface area contributed by atoms with Crippen LogP contribution in [0.15, 0.2) is 72.9 Å². The van der Waals surface area contributed by atoms with Crippen LogP contribution in [0.1, 0.15) is 18.2 Å². The van der Waals surface area contributed by atoms with E-state index in [1.54, 1.807) is 12.3 Å². The maximum absolute atomic E-state index is 12.2. The Morgan fingerprint density at radius 2 is 1.75 bits per heavy atom. The van der Waals surface area contributed by atoms with Gasteiger partial charge in [0.2, 0.25) is 0 Å². The van der Waals surface area contributed by atoms with Crippen molar-refractivity contribution in [1.82, 2.24) is 4.98 Å². The number of nitrogens with zero attached hydrogens (tertiary/aromatic N) is 1. The molecular formula is C23H22N2O3. The summed E-state index contributed by atoms with van der Waals surface area (Å²) in [5.41, 5.74) is 2.54. The van der Waals surface area contributed by atoms with E-state index in [0.29, 0.717) is 23.8 Å². The Morgan fingerprint density at radius 3 is 2.50 bits per heavy atom. The second kappa shape index (κ2) is 9.92. The van der Waals surface area contributed by atoms with Crippen molar-refractivity contribution in [1.29, 1.82) is 0 Å². The van der Waals surface area contributed by atoms with Gasteiger partial charge < -0.3 is 14.8 Å². The summed E-state index contributed by atoms with van der Waals surface area (Å²) in [6.45, 7) is 2.34. The number of rotatable bonds is 8.